The Labute approximate surface area is 139 Å². The summed E-state index contributed by atoms with van der Waals surface area (Å²) < 4.78 is 0. The Morgan fingerprint density at radius 2 is 1.88 bits per heavy atom. The third kappa shape index (κ3) is 4.90. The van der Waals surface area contributed by atoms with E-state index in [4.69, 9.17) is 15.9 Å². The minimum Gasteiger partial charge on any atom is -0.480 e. The van der Waals surface area contributed by atoms with Gasteiger partial charge in [0.25, 0.3) is 0 Å². The van der Waals surface area contributed by atoms with Crippen LogP contribution in [0, 0.1) is 0 Å². The Bertz CT molecular complexity index is 509. The highest BCUT2D eigenvalue weighted by atomic mass is 16.4. The lowest BCUT2D eigenvalue weighted by Crippen LogP contribution is -2.56. The topological polar surface area (TPSA) is 162 Å². The number of nitrogens with two attached hydrogens (primary N) is 1. The molecule has 10 heteroatoms. The summed E-state index contributed by atoms with van der Waals surface area (Å²) in [5, 5.41) is 22.2. The van der Waals surface area contributed by atoms with Crippen LogP contribution in [-0.2, 0) is 19.2 Å². The number of hydrogen-bond acceptors (Lipinski definition) is 6. The van der Waals surface area contributed by atoms with E-state index < -0.39 is 48.6 Å². The van der Waals surface area contributed by atoms with Crippen LogP contribution < -0.4 is 16.4 Å². The van der Waals surface area contributed by atoms with Gasteiger partial charge in [0.2, 0.25) is 17.7 Å². The van der Waals surface area contributed by atoms with Gasteiger partial charge >= 0.3 is 5.97 Å². The number of carbonyl (C=O) groups excluding carboxylic acids is 3. The first-order chi connectivity index (χ1) is 11.2. The number of carbonyl (C=O) groups is 4. The van der Waals surface area contributed by atoms with Crippen molar-refractivity contribution in [3.05, 3.63) is 0 Å². The van der Waals surface area contributed by atoms with E-state index in [-0.39, 0.29) is 5.91 Å². The van der Waals surface area contributed by atoms with Crippen molar-refractivity contribution in [1.82, 2.24) is 15.5 Å². The molecule has 0 radical (unpaired) electrons. The number of aliphatic hydroxyl groups is 1. The van der Waals surface area contributed by atoms with E-state index in [1.165, 1.54) is 18.7 Å². The summed E-state index contributed by atoms with van der Waals surface area (Å²) >= 11 is 0. The Morgan fingerprint density at radius 1 is 1.25 bits per heavy atom. The second-order valence-corrected chi connectivity index (χ2v) is 5.79. The van der Waals surface area contributed by atoms with Gasteiger partial charge in [0.1, 0.15) is 18.1 Å². The number of rotatable bonds is 7. The number of likely N-dealkylation sites (tertiary alicyclic amines) is 1. The fraction of sp³-hybridized carbons (Fsp3) is 0.714. The average molecular weight is 344 g/mol. The quantitative estimate of drug-likeness (QED) is 0.338. The van der Waals surface area contributed by atoms with Gasteiger partial charge in [-0.05, 0) is 26.7 Å². The maximum atomic E-state index is 12.3. The third-order valence-corrected chi connectivity index (χ3v) is 3.78. The van der Waals surface area contributed by atoms with Gasteiger partial charge in [-0.3, -0.25) is 14.4 Å². The first kappa shape index (κ1) is 19.8. The summed E-state index contributed by atoms with van der Waals surface area (Å²) in [6.45, 7) is 2.58. The molecule has 1 fully saturated rings. The second kappa shape index (κ2) is 8.60. The third-order valence-electron chi connectivity index (χ3n) is 3.78. The number of aliphatic carboxylic acids is 1. The van der Waals surface area contributed by atoms with Crippen LogP contribution in [0.2, 0.25) is 0 Å². The van der Waals surface area contributed by atoms with E-state index in [1.807, 2.05) is 0 Å². The molecule has 1 saturated heterocycles. The van der Waals surface area contributed by atoms with Crippen LogP contribution in [0.5, 0.6) is 0 Å². The van der Waals surface area contributed by atoms with E-state index in [0.717, 1.165) is 0 Å². The Balaban J connectivity index is 2.64. The van der Waals surface area contributed by atoms with Crippen LogP contribution in [0.15, 0.2) is 0 Å². The van der Waals surface area contributed by atoms with Crippen molar-refractivity contribution < 1.29 is 29.4 Å². The van der Waals surface area contributed by atoms with Crippen molar-refractivity contribution in [3.8, 4) is 0 Å². The number of amides is 3. The van der Waals surface area contributed by atoms with E-state index in [0.29, 0.717) is 19.4 Å². The summed E-state index contributed by atoms with van der Waals surface area (Å²) in [5.41, 5.74) is 5.56. The highest BCUT2D eigenvalue weighted by Crippen LogP contribution is 2.18. The Morgan fingerprint density at radius 3 is 2.38 bits per heavy atom. The highest BCUT2D eigenvalue weighted by molar-refractivity contribution is 5.94. The molecule has 4 atom stereocenters. The largest absolute Gasteiger partial charge is 0.480 e. The van der Waals surface area contributed by atoms with Crippen molar-refractivity contribution in [1.29, 1.82) is 0 Å². The summed E-state index contributed by atoms with van der Waals surface area (Å²) in [7, 11) is 0. The van der Waals surface area contributed by atoms with Crippen LogP contribution in [0.1, 0.15) is 26.7 Å². The zero-order valence-electron chi connectivity index (χ0n) is 13.7. The number of nitrogens with zero attached hydrogens (tertiary/aromatic N) is 1. The second-order valence-electron chi connectivity index (χ2n) is 5.79. The van der Waals surface area contributed by atoms with E-state index in [2.05, 4.69) is 10.6 Å². The van der Waals surface area contributed by atoms with Gasteiger partial charge in [0.05, 0.1) is 12.6 Å². The van der Waals surface area contributed by atoms with Crippen LogP contribution in [-0.4, -0.2) is 76.1 Å². The van der Waals surface area contributed by atoms with Gasteiger partial charge in [-0.15, -0.1) is 0 Å². The standard InChI is InChI=1S/C14H24N4O6/c1-7(15)13(22)18-5-3-4-10(18)12(21)16-8(2)11(20)17-9(6-19)14(23)24/h7-10,19H,3-6,15H2,1-2H3,(H,16,21)(H,17,20)(H,23,24). The van der Waals surface area contributed by atoms with Crippen molar-refractivity contribution in [3.63, 3.8) is 0 Å². The smallest absolute Gasteiger partial charge is 0.328 e. The molecule has 0 bridgehead atoms. The molecule has 3 amide bonds. The monoisotopic (exact) mass is 344 g/mol. The zero-order valence-corrected chi connectivity index (χ0v) is 13.7. The minimum absolute atomic E-state index is 0.337. The van der Waals surface area contributed by atoms with Crippen molar-refractivity contribution in [2.45, 2.75) is 50.9 Å². The van der Waals surface area contributed by atoms with Gasteiger partial charge in [-0.25, -0.2) is 4.79 Å². The molecule has 1 aliphatic heterocycles. The number of hydrogen-bond donors (Lipinski definition) is 5. The summed E-state index contributed by atoms with van der Waals surface area (Å²) in [6.07, 6.45) is 1.12. The highest BCUT2D eigenvalue weighted by Gasteiger charge is 2.36. The van der Waals surface area contributed by atoms with Gasteiger partial charge < -0.3 is 31.5 Å². The normalized spacial score (nSPS) is 20.8. The van der Waals surface area contributed by atoms with Crippen LogP contribution in [0.4, 0.5) is 0 Å². The molecule has 0 aromatic carbocycles. The van der Waals surface area contributed by atoms with E-state index in [9.17, 15) is 19.2 Å². The molecule has 0 spiro atoms. The predicted octanol–water partition coefficient (Wildman–Crippen LogP) is -2.61. The molecule has 1 heterocycles. The average Bonchev–Trinajstić information content (AvgIpc) is 3.00. The van der Waals surface area contributed by atoms with Gasteiger partial charge in [0, 0.05) is 6.54 Å². The predicted molar refractivity (Wildman–Crippen MR) is 82.6 cm³/mol. The molecule has 24 heavy (non-hydrogen) atoms. The lowest BCUT2D eigenvalue weighted by atomic mass is 10.1. The van der Waals surface area contributed by atoms with Crippen molar-refractivity contribution in [2.75, 3.05) is 13.2 Å². The number of aliphatic hydroxyl groups excluding tert-OH is 1. The van der Waals surface area contributed by atoms with Gasteiger partial charge in [0.15, 0.2) is 0 Å². The van der Waals surface area contributed by atoms with E-state index >= 15 is 0 Å². The molecule has 0 aromatic heterocycles. The molecule has 0 saturated carbocycles. The van der Waals surface area contributed by atoms with Crippen LogP contribution >= 0.6 is 0 Å². The maximum Gasteiger partial charge on any atom is 0.328 e. The molecule has 10 nitrogen and oxygen atoms in total. The molecule has 136 valence electrons. The summed E-state index contributed by atoms with van der Waals surface area (Å²) in [4.78, 5) is 48.3. The van der Waals surface area contributed by atoms with Gasteiger partial charge in [-0.2, -0.15) is 0 Å². The van der Waals surface area contributed by atoms with E-state index in [1.54, 1.807) is 0 Å². The number of carboxylic acid groups (broad SMARTS) is 1. The van der Waals surface area contributed by atoms with Crippen molar-refractivity contribution in [2.24, 2.45) is 5.73 Å². The molecule has 6 N–H and O–H groups in total. The number of nitrogens with one attached hydrogen (secondary N) is 2. The lowest BCUT2D eigenvalue weighted by molar-refractivity contribution is -0.143. The summed E-state index contributed by atoms with van der Waals surface area (Å²) in [5.74, 6) is -2.96. The molecule has 0 aromatic rings. The zero-order chi connectivity index (χ0) is 18.4. The van der Waals surface area contributed by atoms with Crippen LogP contribution in [0.25, 0.3) is 0 Å². The molecule has 1 aliphatic rings. The number of carboxylic acids is 1. The first-order valence-corrected chi connectivity index (χ1v) is 7.69. The molecular formula is C14H24N4O6. The minimum atomic E-state index is -1.44. The SMILES string of the molecule is CC(N)C(=O)N1CCCC1C(=O)NC(C)C(=O)NC(CO)C(=O)O. The molecule has 1 rings (SSSR count). The Kier molecular flexibility index (Phi) is 7.11. The molecule has 0 aliphatic carbocycles. The van der Waals surface area contributed by atoms with Crippen LogP contribution in [0.3, 0.4) is 0 Å². The first-order valence-electron chi connectivity index (χ1n) is 7.69. The van der Waals surface area contributed by atoms with Gasteiger partial charge in [-0.1, -0.05) is 0 Å². The maximum absolute atomic E-state index is 12.3. The fourth-order valence-electron chi connectivity index (χ4n) is 2.42. The van der Waals surface area contributed by atoms with Crippen molar-refractivity contribution >= 4 is 23.7 Å². The molecule has 4 unspecified atom stereocenters. The molecular weight excluding hydrogens is 320 g/mol. The fourth-order valence-corrected chi connectivity index (χ4v) is 2.42. The lowest BCUT2D eigenvalue weighted by Gasteiger charge is -2.26. The Hall–Kier alpha value is -2.20. The summed E-state index contributed by atoms with van der Waals surface area (Å²) in [6, 6.07) is -3.88.